The Labute approximate surface area is 123 Å². The number of nitrogens with one attached hydrogen (secondary N) is 1. The van der Waals surface area contributed by atoms with Gasteiger partial charge in [0.2, 0.25) is 5.91 Å². The van der Waals surface area contributed by atoms with Gasteiger partial charge in [-0.25, -0.2) is 0 Å². The van der Waals surface area contributed by atoms with E-state index in [1.54, 1.807) is 6.92 Å². The molecule has 0 aromatic carbocycles. The molecule has 0 spiro atoms. The molecule has 1 aliphatic carbocycles. The third kappa shape index (κ3) is 5.06. The van der Waals surface area contributed by atoms with Gasteiger partial charge in [0.15, 0.2) is 0 Å². The van der Waals surface area contributed by atoms with E-state index in [4.69, 9.17) is 4.74 Å². The van der Waals surface area contributed by atoms with Crippen molar-refractivity contribution < 1.29 is 14.6 Å². The lowest BCUT2D eigenvalue weighted by Crippen LogP contribution is -2.48. The van der Waals surface area contributed by atoms with Crippen LogP contribution in [0.25, 0.3) is 0 Å². The Morgan fingerprint density at radius 3 is 2.40 bits per heavy atom. The Kier molecular flexibility index (Phi) is 6.02. The average Bonchev–Trinajstić information content (AvgIpc) is 2.35. The Bertz CT molecular complexity index is 314. The van der Waals surface area contributed by atoms with Crippen LogP contribution in [-0.4, -0.2) is 35.9 Å². The Hall–Kier alpha value is -0.610. The fourth-order valence-corrected chi connectivity index (χ4v) is 2.92. The van der Waals surface area contributed by atoms with E-state index >= 15 is 0 Å². The molecule has 1 saturated carbocycles. The molecule has 4 heteroatoms. The molecule has 118 valence electrons. The summed E-state index contributed by atoms with van der Waals surface area (Å²) in [7, 11) is 0. The summed E-state index contributed by atoms with van der Waals surface area (Å²) < 4.78 is 5.24. The fourth-order valence-electron chi connectivity index (χ4n) is 2.92. The lowest BCUT2D eigenvalue weighted by Gasteiger charge is -2.41. The van der Waals surface area contributed by atoms with E-state index in [1.165, 1.54) is 0 Å². The molecule has 0 aliphatic heterocycles. The molecule has 2 N–H and O–H groups in total. The van der Waals surface area contributed by atoms with Crippen LogP contribution in [0.4, 0.5) is 0 Å². The van der Waals surface area contributed by atoms with Crippen LogP contribution in [0.2, 0.25) is 0 Å². The Morgan fingerprint density at radius 1 is 1.40 bits per heavy atom. The van der Waals surface area contributed by atoms with Gasteiger partial charge in [0.1, 0.15) is 6.10 Å². The molecule has 0 saturated heterocycles. The van der Waals surface area contributed by atoms with Gasteiger partial charge in [-0.1, -0.05) is 20.8 Å². The molecule has 1 fully saturated rings. The zero-order valence-corrected chi connectivity index (χ0v) is 13.7. The molecular formula is C16H31NO3. The van der Waals surface area contributed by atoms with Crippen molar-refractivity contribution in [2.45, 2.75) is 72.0 Å². The molecule has 0 heterocycles. The second-order valence-corrected chi connectivity index (χ2v) is 7.18. The second-order valence-electron chi connectivity index (χ2n) is 7.18. The van der Waals surface area contributed by atoms with E-state index in [0.29, 0.717) is 24.5 Å². The molecule has 0 aromatic heterocycles. The molecule has 4 nitrogen and oxygen atoms in total. The largest absolute Gasteiger partial charge is 0.388 e. The van der Waals surface area contributed by atoms with Gasteiger partial charge in [-0.05, 0) is 50.9 Å². The first-order chi connectivity index (χ1) is 9.18. The minimum absolute atomic E-state index is 0.141. The number of hydrogen-bond donors (Lipinski definition) is 2. The van der Waals surface area contributed by atoms with Crippen molar-refractivity contribution in [2.75, 3.05) is 13.2 Å². The molecule has 1 rings (SSSR count). The van der Waals surface area contributed by atoms with Gasteiger partial charge in [-0.3, -0.25) is 4.79 Å². The molecule has 1 amide bonds. The van der Waals surface area contributed by atoms with Gasteiger partial charge in [0, 0.05) is 13.2 Å². The van der Waals surface area contributed by atoms with Crippen LogP contribution in [0.3, 0.4) is 0 Å². The standard InChI is InChI=1S/C16H31NO3/c1-6-20-12(2)14(18)17-11-16(19)9-7-13(8-10-16)15(3,4)5/h12-13,19H,6-11H2,1-5H3,(H,17,18). The molecule has 1 unspecified atom stereocenters. The topological polar surface area (TPSA) is 58.6 Å². The quantitative estimate of drug-likeness (QED) is 0.816. The highest BCUT2D eigenvalue weighted by Crippen LogP contribution is 2.41. The highest BCUT2D eigenvalue weighted by molar-refractivity contribution is 5.80. The van der Waals surface area contributed by atoms with Crippen LogP contribution in [0, 0.1) is 11.3 Å². The van der Waals surface area contributed by atoms with Crippen LogP contribution in [0.15, 0.2) is 0 Å². The van der Waals surface area contributed by atoms with Gasteiger partial charge in [0.25, 0.3) is 0 Å². The van der Waals surface area contributed by atoms with Crippen molar-refractivity contribution in [2.24, 2.45) is 11.3 Å². The number of carbonyl (C=O) groups is 1. The van der Waals surface area contributed by atoms with Crippen LogP contribution >= 0.6 is 0 Å². The van der Waals surface area contributed by atoms with E-state index in [2.05, 4.69) is 26.1 Å². The number of hydrogen-bond acceptors (Lipinski definition) is 3. The first-order valence-corrected chi connectivity index (χ1v) is 7.79. The summed E-state index contributed by atoms with van der Waals surface area (Å²) in [5, 5.41) is 13.4. The van der Waals surface area contributed by atoms with Crippen LogP contribution in [0.1, 0.15) is 60.3 Å². The number of aliphatic hydroxyl groups is 1. The highest BCUT2D eigenvalue weighted by atomic mass is 16.5. The van der Waals surface area contributed by atoms with Crippen LogP contribution < -0.4 is 5.32 Å². The second kappa shape index (κ2) is 6.90. The lowest BCUT2D eigenvalue weighted by molar-refractivity contribution is -0.133. The fraction of sp³-hybridized carbons (Fsp3) is 0.938. The van der Waals surface area contributed by atoms with Crippen LogP contribution in [0.5, 0.6) is 0 Å². The van der Waals surface area contributed by atoms with E-state index in [9.17, 15) is 9.90 Å². The molecule has 0 radical (unpaired) electrons. The molecular weight excluding hydrogens is 254 g/mol. The minimum atomic E-state index is -0.747. The monoisotopic (exact) mass is 285 g/mol. The number of carbonyl (C=O) groups excluding carboxylic acids is 1. The lowest BCUT2D eigenvalue weighted by atomic mass is 9.68. The van der Waals surface area contributed by atoms with Crippen molar-refractivity contribution >= 4 is 5.91 Å². The van der Waals surface area contributed by atoms with Gasteiger partial charge in [-0.15, -0.1) is 0 Å². The zero-order valence-electron chi connectivity index (χ0n) is 13.7. The van der Waals surface area contributed by atoms with Crippen molar-refractivity contribution in [3.8, 4) is 0 Å². The summed E-state index contributed by atoms with van der Waals surface area (Å²) in [6, 6.07) is 0. The summed E-state index contributed by atoms with van der Waals surface area (Å²) >= 11 is 0. The van der Waals surface area contributed by atoms with Crippen molar-refractivity contribution in [3.05, 3.63) is 0 Å². The van der Waals surface area contributed by atoms with Gasteiger partial charge in [0.05, 0.1) is 5.60 Å². The molecule has 20 heavy (non-hydrogen) atoms. The SMILES string of the molecule is CCOC(C)C(=O)NCC1(O)CCC(C(C)(C)C)CC1. The third-order valence-corrected chi connectivity index (χ3v) is 4.52. The van der Waals surface area contributed by atoms with E-state index in [1.807, 2.05) is 6.92 Å². The maximum atomic E-state index is 11.8. The smallest absolute Gasteiger partial charge is 0.248 e. The number of amides is 1. The Morgan fingerprint density at radius 2 is 1.95 bits per heavy atom. The summed E-state index contributed by atoms with van der Waals surface area (Å²) in [6.07, 6.45) is 3.12. The predicted octanol–water partition coefficient (Wildman–Crippen LogP) is 2.50. The minimum Gasteiger partial charge on any atom is -0.388 e. The summed E-state index contributed by atoms with van der Waals surface area (Å²) in [5.74, 6) is 0.513. The molecule has 1 aliphatic rings. The number of ether oxygens (including phenoxy) is 1. The maximum absolute atomic E-state index is 11.8. The van der Waals surface area contributed by atoms with Gasteiger partial charge >= 0.3 is 0 Å². The summed E-state index contributed by atoms with van der Waals surface area (Å²) in [4.78, 5) is 11.8. The molecule has 1 atom stereocenters. The average molecular weight is 285 g/mol. The van der Waals surface area contributed by atoms with Crippen molar-refractivity contribution in [1.82, 2.24) is 5.32 Å². The molecule has 0 aromatic rings. The zero-order chi connectivity index (χ0) is 15.4. The van der Waals surface area contributed by atoms with Crippen LogP contribution in [-0.2, 0) is 9.53 Å². The van der Waals surface area contributed by atoms with Crippen molar-refractivity contribution in [1.29, 1.82) is 0 Å². The van der Waals surface area contributed by atoms with Crippen molar-refractivity contribution in [3.63, 3.8) is 0 Å². The maximum Gasteiger partial charge on any atom is 0.248 e. The number of rotatable bonds is 5. The first kappa shape index (κ1) is 17.4. The molecule has 0 bridgehead atoms. The van der Waals surface area contributed by atoms with E-state index in [0.717, 1.165) is 25.7 Å². The van der Waals surface area contributed by atoms with E-state index in [-0.39, 0.29) is 5.91 Å². The predicted molar refractivity (Wildman–Crippen MR) is 80.5 cm³/mol. The normalized spacial score (nSPS) is 29.0. The van der Waals surface area contributed by atoms with Gasteiger partial charge in [-0.2, -0.15) is 0 Å². The van der Waals surface area contributed by atoms with Gasteiger partial charge < -0.3 is 15.2 Å². The Balaban J connectivity index is 2.40. The highest BCUT2D eigenvalue weighted by Gasteiger charge is 2.37. The van der Waals surface area contributed by atoms with E-state index < -0.39 is 11.7 Å². The third-order valence-electron chi connectivity index (χ3n) is 4.52. The summed E-state index contributed by atoms with van der Waals surface area (Å²) in [5.41, 5.74) is -0.447. The first-order valence-electron chi connectivity index (χ1n) is 7.79. The summed E-state index contributed by atoms with van der Waals surface area (Å²) in [6.45, 7) is 11.2.